The number of thiazole rings is 1. The molecule has 1 atom stereocenters. The second-order valence-corrected chi connectivity index (χ2v) is 10.3. The lowest BCUT2D eigenvalue weighted by molar-refractivity contribution is -0.384. The molecule has 42 heavy (non-hydrogen) atoms. The number of hydrogen-bond acceptors (Lipinski definition) is 10. The number of nitrogens with zero attached hydrogens (tertiary/aromatic N) is 3. The Hall–Kier alpha value is -4.68. The summed E-state index contributed by atoms with van der Waals surface area (Å²) in [6, 6.07) is 11.8. The average Bonchev–Trinajstić information content (AvgIpc) is 3.57. The summed E-state index contributed by atoms with van der Waals surface area (Å²) in [5.41, 5.74) is 0.715. The van der Waals surface area contributed by atoms with Gasteiger partial charge in [0.05, 0.1) is 46.4 Å². The van der Waals surface area contributed by atoms with Gasteiger partial charge in [-0.1, -0.05) is 29.0 Å². The second kappa shape index (κ2) is 12.0. The van der Waals surface area contributed by atoms with E-state index < -0.39 is 22.5 Å². The van der Waals surface area contributed by atoms with Gasteiger partial charge in [-0.25, -0.2) is 9.79 Å². The van der Waals surface area contributed by atoms with E-state index in [1.807, 2.05) is 13.8 Å². The number of aromatic nitrogens is 1. The van der Waals surface area contributed by atoms with Crippen LogP contribution >= 0.6 is 22.9 Å². The summed E-state index contributed by atoms with van der Waals surface area (Å²) in [6.45, 7) is 4.54. The van der Waals surface area contributed by atoms with Crippen molar-refractivity contribution in [1.29, 1.82) is 0 Å². The van der Waals surface area contributed by atoms with Gasteiger partial charge in [0.15, 0.2) is 16.3 Å². The maximum absolute atomic E-state index is 13.8. The van der Waals surface area contributed by atoms with E-state index in [0.29, 0.717) is 56.7 Å². The maximum Gasteiger partial charge on any atom is 0.337 e. The fraction of sp³-hybridized carbons (Fsp3) is 0.207. The number of rotatable bonds is 9. The van der Waals surface area contributed by atoms with Crippen LogP contribution in [0.15, 0.2) is 74.5 Å². The number of non-ortho nitro benzene ring substituents is 1. The Morgan fingerprint density at radius 1 is 1.14 bits per heavy atom. The molecule has 0 saturated carbocycles. The Morgan fingerprint density at radius 3 is 2.60 bits per heavy atom. The van der Waals surface area contributed by atoms with E-state index >= 15 is 0 Å². The van der Waals surface area contributed by atoms with Gasteiger partial charge in [0, 0.05) is 30.0 Å². The van der Waals surface area contributed by atoms with E-state index in [1.54, 1.807) is 36.4 Å². The van der Waals surface area contributed by atoms with Gasteiger partial charge in [-0.3, -0.25) is 19.5 Å². The van der Waals surface area contributed by atoms with Crippen LogP contribution in [-0.4, -0.2) is 35.8 Å². The van der Waals surface area contributed by atoms with Crippen molar-refractivity contribution >= 4 is 40.7 Å². The summed E-state index contributed by atoms with van der Waals surface area (Å²) in [5, 5.41) is 11.2. The maximum atomic E-state index is 13.8. The van der Waals surface area contributed by atoms with E-state index in [1.165, 1.54) is 36.1 Å². The van der Waals surface area contributed by atoms with Gasteiger partial charge in [-0.2, -0.15) is 0 Å². The van der Waals surface area contributed by atoms with Gasteiger partial charge in [-0.05, 0) is 49.7 Å². The molecule has 0 unspecified atom stereocenters. The lowest BCUT2D eigenvalue weighted by Crippen LogP contribution is -2.39. The molecule has 11 nitrogen and oxygen atoms in total. The zero-order valence-corrected chi connectivity index (χ0v) is 24.2. The molecule has 0 bridgehead atoms. The van der Waals surface area contributed by atoms with Crippen LogP contribution in [0.4, 0.5) is 5.69 Å². The number of ether oxygens (including phenoxy) is 3. The SMILES string of the molecule is CCOc1ccc([C@H]2C(C(=O)OC)=CN=c3s/c(=C\c4ccc(-c5ccc([N+](=O)[O-])cc5Cl)o4)c(=O)n32)cc1OCC. The highest BCUT2D eigenvalue weighted by molar-refractivity contribution is 7.07. The molecule has 2 aromatic heterocycles. The standard InChI is InChI=1S/C29H24ClN3O8S/c1-4-39-23-10-6-16(12-24(23)40-5-2)26-20(28(35)38-3)15-31-29-32(26)27(34)25(42-29)14-18-8-11-22(41-18)19-9-7-17(33(36)37)13-21(19)30/h6-15,26H,4-5H2,1-3H3/b25-14-/t26-/m0/s1. The number of hydrogen-bond donors (Lipinski definition) is 0. The molecular weight excluding hydrogens is 586 g/mol. The Bertz CT molecular complexity index is 1910. The normalized spacial score (nSPS) is 14.5. The first-order valence-electron chi connectivity index (χ1n) is 12.8. The fourth-order valence-corrected chi connectivity index (χ4v) is 5.73. The fourth-order valence-electron chi connectivity index (χ4n) is 4.51. The molecule has 1 aliphatic heterocycles. The number of nitro groups is 1. The summed E-state index contributed by atoms with van der Waals surface area (Å²) in [7, 11) is 1.26. The first-order valence-corrected chi connectivity index (χ1v) is 14.0. The van der Waals surface area contributed by atoms with Crippen LogP contribution in [0.2, 0.25) is 5.02 Å². The predicted octanol–water partition coefficient (Wildman–Crippen LogP) is 4.64. The van der Waals surface area contributed by atoms with Crippen molar-refractivity contribution < 1.29 is 28.3 Å². The van der Waals surface area contributed by atoms with Gasteiger partial charge in [0.1, 0.15) is 11.5 Å². The van der Waals surface area contributed by atoms with Gasteiger partial charge in [0.2, 0.25) is 0 Å². The summed E-state index contributed by atoms with van der Waals surface area (Å²) < 4.78 is 24.1. The molecule has 3 heterocycles. The molecule has 0 amide bonds. The van der Waals surface area contributed by atoms with Crippen LogP contribution in [0.25, 0.3) is 17.4 Å². The van der Waals surface area contributed by atoms with Crippen molar-refractivity contribution in [2.45, 2.75) is 19.9 Å². The zero-order chi connectivity index (χ0) is 30.0. The second-order valence-electron chi connectivity index (χ2n) is 8.87. The van der Waals surface area contributed by atoms with Crippen LogP contribution < -0.4 is 24.4 Å². The molecule has 13 heteroatoms. The Balaban J connectivity index is 1.59. The molecule has 1 aliphatic rings. The molecule has 216 valence electrons. The number of carbonyl (C=O) groups is 1. The number of carbonyl (C=O) groups excluding carboxylic acids is 1. The Labute approximate surface area is 247 Å². The number of methoxy groups -OCH3 is 1. The molecule has 0 spiro atoms. The number of halogens is 1. The largest absolute Gasteiger partial charge is 0.490 e. The molecular formula is C29H24ClN3O8S. The van der Waals surface area contributed by atoms with Crippen molar-refractivity contribution in [3.8, 4) is 22.8 Å². The smallest absolute Gasteiger partial charge is 0.337 e. The molecule has 0 fully saturated rings. The minimum atomic E-state index is -0.836. The highest BCUT2D eigenvalue weighted by Crippen LogP contribution is 2.35. The van der Waals surface area contributed by atoms with Crippen molar-refractivity contribution in [1.82, 2.24) is 4.57 Å². The van der Waals surface area contributed by atoms with Crippen LogP contribution in [-0.2, 0) is 9.53 Å². The zero-order valence-electron chi connectivity index (χ0n) is 22.7. The van der Waals surface area contributed by atoms with Gasteiger partial charge in [-0.15, -0.1) is 0 Å². The van der Waals surface area contributed by atoms with Gasteiger partial charge < -0.3 is 18.6 Å². The van der Waals surface area contributed by atoms with Crippen LogP contribution in [0.3, 0.4) is 0 Å². The first-order chi connectivity index (χ1) is 20.2. The van der Waals surface area contributed by atoms with Crippen molar-refractivity contribution in [3.05, 3.63) is 106 Å². The Kier molecular flexibility index (Phi) is 8.27. The van der Waals surface area contributed by atoms with Gasteiger partial charge >= 0.3 is 5.97 Å². The third-order valence-electron chi connectivity index (χ3n) is 6.34. The predicted molar refractivity (Wildman–Crippen MR) is 156 cm³/mol. The summed E-state index contributed by atoms with van der Waals surface area (Å²) >= 11 is 7.39. The molecule has 5 rings (SSSR count). The topological polar surface area (TPSA) is 135 Å². The van der Waals surface area contributed by atoms with E-state index in [9.17, 15) is 19.7 Å². The summed E-state index contributed by atoms with van der Waals surface area (Å²) in [5.74, 6) is 1.13. The minimum absolute atomic E-state index is 0.140. The number of fused-ring (bicyclic) bond motifs is 1. The third-order valence-corrected chi connectivity index (χ3v) is 7.65. The van der Waals surface area contributed by atoms with E-state index in [4.69, 9.17) is 30.2 Å². The molecule has 2 aromatic carbocycles. The molecule has 0 N–H and O–H groups in total. The third kappa shape index (κ3) is 5.46. The quantitative estimate of drug-likeness (QED) is 0.152. The summed E-state index contributed by atoms with van der Waals surface area (Å²) in [4.78, 5) is 41.8. The highest BCUT2D eigenvalue weighted by atomic mass is 35.5. The van der Waals surface area contributed by atoms with Crippen molar-refractivity contribution in [3.63, 3.8) is 0 Å². The van der Waals surface area contributed by atoms with E-state index in [-0.39, 0.29) is 16.3 Å². The number of nitro benzene ring substituents is 1. The minimum Gasteiger partial charge on any atom is -0.490 e. The monoisotopic (exact) mass is 609 g/mol. The highest BCUT2D eigenvalue weighted by Gasteiger charge is 2.31. The van der Waals surface area contributed by atoms with E-state index in [2.05, 4.69) is 4.99 Å². The van der Waals surface area contributed by atoms with Crippen molar-refractivity contribution in [2.75, 3.05) is 20.3 Å². The number of benzene rings is 2. The summed E-state index contributed by atoms with van der Waals surface area (Å²) in [6.07, 6.45) is 2.97. The molecule has 0 aliphatic carbocycles. The van der Waals surface area contributed by atoms with Crippen molar-refractivity contribution in [2.24, 2.45) is 4.99 Å². The van der Waals surface area contributed by atoms with Crippen LogP contribution in [0.5, 0.6) is 11.5 Å². The van der Waals surface area contributed by atoms with Crippen LogP contribution in [0.1, 0.15) is 31.2 Å². The molecule has 4 aromatic rings. The average molecular weight is 610 g/mol. The van der Waals surface area contributed by atoms with E-state index in [0.717, 1.165) is 11.3 Å². The van der Waals surface area contributed by atoms with Gasteiger partial charge in [0.25, 0.3) is 11.2 Å². The first kappa shape index (κ1) is 28.8. The lowest BCUT2D eigenvalue weighted by atomic mass is 9.97. The Morgan fingerprint density at radius 2 is 1.90 bits per heavy atom. The number of furan rings is 1. The number of esters is 1. The molecule has 0 saturated heterocycles. The van der Waals surface area contributed by atoms with Crippen LogP contribution in [0, 0.1) is 10.1 Å². The lowest BCUT2D eigenvalue weighted by Gasteiger charge is -2.23. The molecule has 0 radical (unpaired) electrons.